The minimum atomic E-state index is -1.95. The SMILES string of the molecule is C.C.C[C@@H](NC(=O)[C@H](O)[C@@H](O)C(=O)N1Cc2cccnc2C1)c1ccc(-n2cccn2)c(O)c1.C[C@@H](NC(=O)[C@H](O)[C@@H](O)C(=O)N1Cc2cccnc2C1)c1ccc(-n2cccn2)c(OCc2ccccc2)c1. The Bertz CT molecular complexity index is 2930. The topological polar surface area (TPSA) is 271 Å². The summed E-state index contributed by atoms with van der Waals surface area (Å²) in [5.74, 6) is -2.72. The Balaban J connectivity index is 0.000000236. The molecule has 0 saturated heterocycles. The van der Waals surface area contributed by atoms with Crippen LogP contribution in [0.15, 0.2) is 140 Å². The Morgan fingerprint density at radius 3 is 1.52 bits per heavy atom. The zero-order chi connectivity index (χ0) is 50.2. The molecule has 382 valence electrons. The molecule has 0 fully saturated rings. The van der Waals surface area contributed by atoms with Crippen LogP contribution in [-0.4, -0.2) is 113 Å². The molecule has 2 aliphatic rings. The lowest BCUT2D eigenvalue weighted by Gasteiger charge is -2.24. The van der Waals surface area contributed by atoms with Crippen LogP contribution in [0.4, 0.5) is 0 Å². The largest absolute Gasteiger partial charge is 0.506 e. The van der Waals surface area contributed by atoms with Crippen LogP contribution in [0.25, 0.3) is 11.4 Å². The van der Waals surface area contributed by atoms with E-state index in [1.54, 1.807) is 92.1 Å². The lowest BCUT2D eigenvalue weighted by molar-refractivity contribution is -0.153. The van der Waals surface area contributed by atoms with Gasteiger partial charge < -0.3 is 50.7 Å². The summed E-state index contributed by atoms with van der Waals surface area (Å²) < 4.78 is 9.31. The number of aliphatic hydroxyl groups excluding tert-OH is 4. The fourth-order valence-electron chi connectivity index (χ4n) is 8.07. The van der Waals surface area contributed by atoms with E-state index in [1.807, 2.05) is 60.7 Å². The molecule has 0 bridgehead atoms. The number of amides is 4. The van der Waals surface area contributed by atoms with Crippen LogP contribution in [-0.2, 0) is 52.0 Å². The minimum Gasteiger partial charge on any atom is -0.506 e. The number of carbonyl (C=O) groups is 4. The second kappa shape index (κ2) is 24.2. The molecule has 0 spiro atoms. The maximum Gasteiger partial charge on any atom is 0.255 e. The van der Waals surface area contributed by atoms with Crippen molar-refractivity contribution in [1.82, 2.24) is 50.0 Å². The summed E-state index contributed by atoms with van der Waals surface area (Å²) in [7, 11) is 0. The quantitative estimate of drug-likeness (QED) is 0.0767. The molecule has 9 rings (SSSR count). The minimum absolute atomic E-state index is 0. The van der Waals surface area contributed by atoms with Gasteiger partial charge in [0, 0.05) is 50.3 Å². The van der Waals surface area contributed by atoms with E-state index in [2.05, 4.69) is 30.8 Å². The molecule has 0 saturated carbocycles. The van der Waals surface area contributed by atoms with Crippen LogP contribution < -0.4 is 15.4 Å². The second-order valence-electron chi connectivity index (χ2n) is 17.0. The Labute approximate surface area is 422 Å². The number of hydrogen-bond donors (Lipinski definition) is 7. The van der Waals surface area contributed by atoms with Gasteiger partial charge in [-0.2, -0.15) is 10.2 Å². The van der Waals surface area contributed by atoms with E-state index < -0.39 is 60.1 Å². The Kier molecular flexibility index (Phi) is 17.9. The number of phenols is 1. The molecular formula is C53H60N10O10. The molecule has 3 aromatic carbocycles. The zero-order valence-electron chi connectivity index (χ0n) is 38.6. The predicted octanol–water partition coefficient (Wildman–Crippen LogP) is 3.97. The zero-order valence-corrected chi connectivity index (χ0v) is 38.6. The lowest BCUT2D eigenvalue weighted by atomic mass is 10.1. The maximum atomic E-state index is 12.8. The Morgan fingerprint density at radius 1 is 0.575 bits per heavy atom. The van der Waals surface area contributed by atoms with Crippen molar-refractivity contribution < 1.29 is 49.4 Å². The van der Waals surface area contributed by atoms with Crippen molar-refractivity contribution in [3.63, 3.8) is 0 Å². The standard InChI is InChI=1S/C29H29N5O5.C22H23N5O5.2CH4/c1-19(32-28(37)26(35)27(36)29(38)33-16-22-9-5-12-30-23(22)17-33)21-10-11-24(34-14-6-13-31-34)25(15-21)39-18-20-7-3-2-4-8-20;1-13(14-5-6-17(18(28)10-14)27-9-3-8-24-27)25-21(31)19(29)20(30)22(32)26-11-15-4-2-7-23-16(15)12-26;;/h2-15,19,26-27,35-36H,16-18H2,1H3,(H,32,37);2-10,13,19-20,28-30H,11-12H2,1H3,(H,25,31);2*1H4/t19-,26-,27-;13-,19-,20-;;/m11../s1. The first-order valence-corrected chi connectivity index (χ1v) is 22.7. The van der Waals surface area contributed by atoms with Gasteiger partial charge in [0.15, 0.2) is 24.4 Å². The van der Waals surface area contributed by atoms with Crippen molar-refractivity contribution >= 4 is 23.6 Å². The molecular weight excluding hydrogens is 937 g/mol. The first kappa shape index (κ1) is 54.0. The van der Waals surface area contributed by atoms with E-state index in [0.717, 1.165) is 33.8 Å². The first-order valence-electron chi connectivity index (χ1n) is 22.7. The monoisotopic (exact) mass is 996 g/mol. The molecule has 7 N–H and O–H groups in total. The van der Waals surface area contributed by atoms with Gasteiger partial charge in [0.05, 0.1) is 36.6 Å². The molecule has 0 radical (unpaired) electrons. The first-order chi connectivity index (χ1) is 34.2. The maximum absolute atomic E-state index is 12.8. The third kappa shape index (κ3) is 12.6. The highest BCUT2D eigenvalue weighted by Crippen LogP contribution is 2.29. The van der Waals surface area contributed by atoms with Crippen molar-refractivity contribution in [3.8, 4) is 22.9 Å². The number of nitrogens with one attached hydrogen (secondary N) is 2. The summed E-state index contributed by atoms with van der Waals surface area (Å²) in [6, 6.07) is 29.6. The normalized spacial score (nSPS) is 14.8. The number of aliphatic hydroxyl groups is 4. The molecule has 20 nitrogen and oxygen atoms in total. The van der Waals surface area contributed by atoms with Gasteiger partial charge in [-0.1, -0.05) is 69.5 Å². The van der Waals surface area contributed by atoms with Gasteiger partial charge in [-0.25, -0.2) is 9.36 Å². The van der Waals surface area contributed by atoms with Crippen molar-refractivity contribution in [2.45, 2.75) is 98.0 Å². The van der Waals surface area contributed by atoms with Gasteiger partial charge in [-0.15, -0.1) is 0 Å². The number of ether oxygens (including phenoxy) is 1. The molecule has 7 aromatic rings. The van der Waals surface area contributed by atoms with Crippen molar-refractivity contribution in [1.29, 1.82) is 0 Å². The van der Waals surface area contributed by atoms with Gasteiger partial charge in [-0.05, 0) is 90.2 Å². The fourth-order valence-corrected chi connectivity index (χ4v) is 8.07. The van der Waals surface area contributed by atoms with Crippen LogP contribution >= 0.6 is 0 Å². The lowest BCUT2D eigenvalue weighted by Crippen LogP contribution is -2.50. The van der Waals surface area contributed by atoms with Gasteiger partial charge in [-0.3, -0.25) is 29.1 Å². The highest BCUT2D eigenvalue weighted by molar-refractivity contribution is 5.92. The Hall–Kier alpha value is -8.30. The number of benzene rings is 3. The fraction of sp³-hybridized carbons (Fsp3) is 0.283. The van der Waals surface area contributed by atoms with Gasteiger partial charge >= 0.3 is 0 Å². The van der Waals surface area contributed by atoms with E-state index in [4.69, 9.17) is 4.74 Å². The van der Waals surface area contributed by atoms with Crippen LogP contribution in [0.3, 0.4) is 0 Å². The molecule has 20 heteroatoms. The molecule has 6 atom stereocenters. The smallest absolute Gasteiger partial charge is 0.255 e. The number of aromatic hydroxyl groups is 1. The third-order valence-corrected chi connectivity index (χ3v) is 12.1. The van der Waals surface area contributed by atoms with Gasteiger partial charge in [0.25, 0.3) is 23.6 Å². The molecule has 73 heavy (non-hydrogen) atoms. The number of phenolic OH excluding ortho intramolecular Hbond substituents is 1. The van der Waals surface area contributed by atoms with Crippen LogP contribution in [0, 0.1) is 0 Å². The van der Waals surface area contributed by atoms with Crippen molar-refractivity contribution in [2.75, 3.05) is 0 Å². The van der Waals surface area contributed by atoms with Gasteiger partial charge in [0.1, 0.15) is 29.5 Å². The summed E-state index contributed by atoms with van der Waals surface area (Å²) in [6.45, 7) is 4.67. The number of carbonyl (C=O) groups excluding carboxylic acids is 4. The Morgan fingerprint density at radius 2 is 1.05 bits per heavy atom. The van der Waals surface area contributed by atoms with E-state index in [0.29, 0.717) is 29.2 Å². The number of fused-ring (bicyclic) bond motifs is 2. The van der Waals surface area contributed by atoms with Crippen LogP contribution in [0.1, 0.15) is 80.0 Å². The van der Waals surface area contributed by atoms with Crippen molar-refractivity contribution in [3.05, 3.63) is 180 Å². The summed E-state index contributed by atoms with van der Waals surface area (Å²) in [4.78, 5) is 61.8. The van der Waals surface area contributed by atoms with Crippen LogP contribution in [0.5, 0.6) is 11.5 Å². The number of pyridine rings is 2. The van der Waals surface area contributed by atoms with Crippen LogP contribution in [0.2, 0.25) is 0 Å². The molecule has 0 unspecified atom stereocenters. The van der Waals surface area contributed by atoms with Gasteiger partial charge in [0.2, 0.25) is 0 Å². The average Bonchev–Trinajstić information content (AvgIpc) is 4.25. The summed E-state index contributed by atoms with van der Waals surface area (Å²) >= 11 is 0. The van der Waals surface area contributed by atoms with E-state index in [9.17, 15) is 44.7 Å². The summed E-state index contributed by atoms with van der Waals surface area (Å²) in [6.07, 6.45) is 2.30. The molecule has 2 aliphatic heterocycles. The molecule has 4 amide bonds. The average molecular weight is 997 g/mol. The van der Waals surface area contributed by atoms with E-state index >= 15 is 0 Å². The molecule has 6 heterocycles. The highest BCUT2D eigenvalue weighted by atomic mass is 16.5. The number of rotatable bonds is 15. The molecule has 0 aliphatic carbocycles. The number of nitrogens with zero attached hydrogens (tertiary/aromatic N) is 8. The second-order valence-corrected chi connectivity index (χ2v) is 17.0. The molecule has 4 aromatic heterocycles. The van der Waals surface area contributed by atoms with Crippen molar-refractivity contribution in [2.24, 2.45) is 0 Å². The summed E-state index contributed by atoms with van der Waals surface area (Å²) in [5.41, 5.74) is 6.65. The highest BCUT2D eigenvalue weighted by Gasteiger charge is 2.38. The summed E-state index contributed by atoms with van der Waals surface area (Å²) in [5, 5.41) is 65.4. The third-order valence-electron chi connectivity index (χ3n) is 12.1. The predicted molar refractivity (Wildman–Crippen MR) is 267 cm³/mol. The van der Waals surface area contributed by atoms with E-state index in [-0.39, 0.29) is 46.8 Å². The number of hydrogen-bond acceptors (Lipinski definition) is 14. The number of aromatic nitrogens is 6. The van der Waals surface area contributed by atoms with E-state index in [1.165, 1.54) is 20.5 Å².